The van der Waals surface area contributed by atoms with E-state index in [9.17, 15) is 8.78 Å². The van der Waals surface area contributed by atoms with E-state index < -0.39 is 0 Å². The number of halogens is 2. The van der Waals surface area contributed by atoms with E-state index in [1.807, 2.05) is 12.1 Å². The van der Waals surface area contributed by atoms with Crippen LogP contribution in [0.15, 0.2) is 54.7 Å². The molecule has 1 aliphatic rings. The van der Waals surface area contributed by atoms with Gasteiger partial charge in [-0.15, -0.1) is 0 Å². The molecule has 4 nitrogen and oxygen atoms in total. The van der Waals surface area contributed by atoms with E-state index in [2.05, 4.69) is 15.5 Å². The minimum Gasteiger partial charge on any atom is -0.380 e. The monoisotopic (exact) mass is 369 g/mol. The van der Waals surface area contributed by atoms with Crippen LogP contribution in [-0.2, 0) is 16.7 Å². The Bertz CT molecular complexity index is 885. The van der Waals surface area contributed by atoms with Gasteiger partial charge in [0.2, 0.25) is 0 Å². The molecule has 2 heterocycles. The summed E-state index contributed by atoms with van der Waals surface area (Å²) >= 11 is 0. The van der Waals surface area contributed by atoms with Crippen LogP contribution in [0.5, 0.6) is 0 Å². The fourth-order valence-electron chi connectivity index (χ4n) is 3.63. The average Bonchev–Trinajstić information content (AvgIpc) is 3.34. The molecule has 1 aromatic heterocycles. The number of nitrogens with one attached hydrogen (secondary N) is 2. The Morgan fingerprint density at radius 2 is 1.74 bits per heavy atom. The van der Waals surface area contributed by atoms with Crippen LogP contribution < -0.4 is 5.32 Å². The first-order chi connectivity index (χ1) is 13.2. The highest BCUT2D eigenvalue weighted by atomic mass is 19.1. The van der Waals surface area contributed by atoms with E-state index in [1.165, 1.54) is 24.3 Å². The maximum atomic E-state index is 13.3. The van der Waals surface area contributed by atoms with Gasteiger partial charge in [-0.3, -0.25) is 5.10 Å². The molecular formula is C21H21F2N3O. The van der Waals surface area contributed by atoms with Crippen molar-refractivity contribution in [3.63, 3.8) is 0 Å². The molecule has 6 heteroatoms. The molecule has 0 spiro atoms. The zero-order chi connectivity index (χ0) is 18.7. The van der Waals surface area contributed by atoms with Crippen LogP contribution in [0.4, 0.5) is 8.78 Å². The molecule has 2 N–H and O–H groups in total. The first kappa shape index (κ1) is 17.8. The van der Waals surface area contributed by atoms with Crippen LogP contribution in [0.1, 0.15) is 17.5 Å². The van der Waals surface area contributed by atoms with Crippen LogP contribution in [0, 0.1) is 11.6 Å². The first-order valence-corrected chi connectivity index (χ1v) is 8.99. The van der Waals surface area contributed by atoms with Crippen LogP contribution in [-0.4, -0.2) is 30.0 Å². The lowest BCUT2D eigenvalue weighted by Crippen LogP contribution is -2.38. The van der Waals surface area contributed by atoms with Gasteiger partial charge in [0, 0.05) is 36.2 Å². The molecule has 0 amide bonds. The van der Waals surface area contributed by atoms with Crippen LogP contribution >= 0.6 is 0 Å². The Morgan fingerprint density at radius 1 is 1.04 bits per heavy atom. The Balaban J connectivity index is 1.47. The number of hydrogen-bond acceptors (Lipinski definition) is 3. The number of aromatic nitrogens is 2. The Labute approximate surface area is 156 Å². The van der Waals surface area contributed by atoms with Crippen molar-refractivity contribution in [1.29, 1.82) is 0 Å². The molecule has 1 saturated heterocycles. The van der Waals surface area contributed by atoms with Crippen LogP contribution in [0.3, 0.4) is 0 Å². The summed E-state index contributed by atoms with van der Waals surface area (Å²) in [5, 5.41) is 10.6. The van der Waals surface area contributed by atoms with Gasteiger partial charge in [-0.05, 0) is 48.4 Å². The Kier molecular flexibility index (Phi) is 5.01. The summed E-state index contributed by atoms with van der Waals surface area (Å²) in [4.78, 5) is 0. The normalized spacial score (nSPS) is 19.5. The second kappa shape index (κ2) is 7.58. The molecule has 0 radical (unpaired) electrons. The minimum atomic E-state index is -0.264. The number of nitrogens with zero attached hydrogens (tertiary/aromatic N) is 1. The van der Waals surface area contributed by atoms with E-state index in [1.54, 1.807) is 18.3 Å². The molecule has 3 aromatic rings. The highest BCUT2D eigenvalue weighted by Crippen LogP contribution is 2.33. The topological polar surface area (TPSA) is 49.9 Å². The lowest BCUT2D eigenvalue weighted by Gasteiger charge is -2.28. The maximum absolute atomic E-state index is 13.3. The average molecular weight is 369 g/mol. The largest absolute Gasteiger partial charge is 0.380 e. The summed E-state index contributed by atoms with van der Waals surface area (Å²) in [6.07, 6.45) is 2.67. The van der Waals surface area contributed by atoms with E-state index in [0.717, 1.165) is 28.8 Å². The fourth-order valence-corrected chi connectivity index (χ4v) is 3.63. The SMILES string of the molecule is Fc1ccc(-c2[nH]ncc2CNC[C@]2(c3ccc(F)cc3)CCOC2)cc1. The molecule has 2 aromatic carbocycles. The zero-order valence-electron chi connectivity index (χ0n) is 14.8. The molecule has 27 heavy (non-hydrogen) atoms. The summed E-state index contributed by atoms with van der Waals surface area (Å²) < 4.78 is 32.1. The lowest BCUT2D eigenvalue weighted by molar-refractivity contribution is 0.176. The predicted octanol–water partition coefficient (Wildman–Crippen LogP) is 3.80. The Morgan fingerprint density at radius 3 is 2.41 bits per heavy atom. The molecule has 0 bridgehead atoms. The number of benzene rings is 2. The quantitative estimate of drug-likeness (QED) is 0.695. The van der Waals surface area contributed by atoms with E-state index in [0.29, 0.717) is 26.3 Å². The minimum absolute atomic E-state index is 0.159. The third kappa shape index (κ3) is 3.77. The summed E-state index contributed by atoms with van der Waals surface area (Å²) in [5.74, 6) is -0.497. The third-order valence-corrected chi connectivity index (χ3v) is 5.19. The van der Waals surface area contributed by atoms with Gasteiger partial charge in [0.15, 0.2) is 0 Å². The van der Waals surface area contributed by atoms with Crippen LogP contribution in [0.2, 0.25) is 0 Å². The van der Waals surface area contributed by atoms with Gasteiger partial charge in [-0.2, -0.15) is 5.10 Å². The molecule has 140 valence electrons. The number of H-pyrrole nitrogens is 1. The third-order valence-electron chi connectivity index (χ3n) is 5.19. The van der Waals surface area contributed by atoms with Crippen molar-refractivity contribution in [1.82, 2.24) is 15.5 Å². The highest BCUT2D eigenvalue weighted by molar-refractivity contribution is 5.62. The van der Waals surface area contributed by atoms with Gasteiger partial charge < -0.3 is 10.1 Å². The van der Waals surface area contributed by atoms with Crippen molar-refractivity contribution in [2.24, 2.45) is 0 Å². The van der Waals surface area contributed by atoms with Crippen molar-refractivity contribution in [3.8, 4) is 11.3 Å². The number of ether oxygens (including phenoxy) is 1. The predicted molar refractivity (Wildman–Crippen MR) is 99.2 cm³/mol. The molecule has 4 rings (SSSR count). The molecule has 0 aliphatic carbocycles. The van der Waals surface area contributed by atoms with Crippen LogP contribution in [0.25, 0.3) is 11.3 Å². The second-order valence-electron chi connectivity index (χ2n) is 6.97. The molecule has 1 atom stereocenters. The number of rotatable bonds is 6. The van der Waals surface area contributed by atoms with Gasteiger partial charge in [0.25, 0.3) is 0 Å². The molecular weight excluding hydrogens is 348 g/mol. The van der Waals surface area contributed by atoms with Crippen molar-refractivity contribution < 1.29 is 13.5 Å². The maximum Gasteiger partial charge on any atom is 0.123 e. The van der Waals surface area contributed by atoms with Crippen molar-refractivity contribution >= 4 is 0 Å². The summed E-state index contributed by atoms with van der Waals surface area (Å²) in [6, 6.07) is 13.0. The summed E-state index contributed by atoms with van der Waals surface area (Å²) in [6.45, 7) is 2.65. The molecule has 1 aliphatic heterocycles. The first-order valence-electron chi connectivity index (χ1n) is 8.99. The van der Waals surface area contributed by atoms with Crippen molar-refractivity contribution in [2.45, 2.75) is 18.4 Å². The standard InChI is InChI=1S/C21H21F2N3O/c22-18-5-1-15(2-6-18)20-16(12-25-26-20)11-24-13-21(9-10-27-14-21)17-3-7-19(23)8-4-17/h1-8,12,24H,9-11,13-14H2,(H,25,26)/t21-/m1/s1. The van der Waals surface area contributed by atoms with E-state index >= 15 is 0 Å². The summed E-state index contributed by atoms with van der Waals surface area (Å²) in [7, 11) is 0. The lowest BCUT2D eigenvalue weighted by atomic mass is 9.79. The van der Waals surface area contributed by atoms with Gasteiger partial charge in [-0.25, -0.2) is 8.78 Å². The van der Waals surface area contributed by atoms with E-state index in [4.69, 9.17) is 4.74 Å². The highest BCUT2D eigenvalue weighted by Gasteiger charge is 2.36. The number of hydrogen-bond donors (Lipinski definition) is 2. The van der Waals surface area contributed by atoms with Gasteiger partial charge in [0.05, 0.1) is 18.5 Å². The Hall–Kier alpha value is -2.57. The molecule has 0 unspecified atom stereocenters. The van der Waals surface area contributed by atoms with Gasteiger partial charge >= 0.3 is 0 Å². The van der Waals surface area contributed by atoms with Gasteiger partial charge in [-0.1, -0.05) is 12.1 Å². The smallest absolute Gasteiger partial charge is 0.123 e. The number of aromatic amines is 1. The molecule has 1 fully saturated rings. The second-order valence-corrected chi connectivity index (χ2v) is 6.97. The van der Waals surface area contributed by atoms with E-state index in [-0.39, 0.29) is 17.0 Å². The summed E-state index contributed by atoms with van der Waals surface area (Å²) in [5.41, 5.74) is 3.70. The molecule has 0 saturated carbocycles. The van der Waals surface area contributed by atoms with Crippen molar-refractivity contribution in [2.75, 3.05) is 19.8 Å². The fraction of sp³-hybridized carbons (Fsp3) is 0.286. The van der Waals surface area contributed by atoms with Gasteiger partial charge in [0.1, 0.15) is 11.6 Å². The zero-order valence-corrected chi connectivity index (χ0v) is 14.8. The van der Waals surface area contributed by atoms with Crippen molar-refractivity contribution in [3.05, 3.63) is 77.5 Å².